The second-order valence-corrected chi connectivity index (χ2v) is 7.52. The van der Waals surface area contributed by atoms with E-state index in [9.17, 15) is 19.7 Å². The van der Waals surface area contributed by atoms with Crippen LogP contribution >= 0.6 is 22.9 Å². The molecule has 184 valence electrons. The van der Waals surface area contributed by atoms with Gasteiger partial charge in [-0.25, -0.2) is 14.6 Å². The zero-order valence-electron chi connectivity index (χ0n) is 18.3. The van der Waals surface area contributed by atoms with Crippen LogP contribution in [-0.2, 0) is 18.9 Å². The number of rotatable bonds is 12. The van der Waals surface area contributed by atoms with E-state index in [1.54, 1.807) is 36.9 Å². The van der Waals surface area contributed by atoms with Gasteiger partial charge in [0.25, 0.3) is 0 Å². The van der Waals surface area contributed by atoms with Gasteiger partial charge in [0.1, 0.15) is 25.1 Å². The van der Waals surface area contributed by atoms with Crippen LogP contribution < -0.4 is 4.90 Å². The van der Waals surface area contributed by atoms with Crippen molar-refractivity contribution in [3.8, 4) is 0 Å². The summed E-state index contributed by atoms with van der Waals surface area (Å²) >= 11 is 7.11. The first-order chi connectivity index (χ1) is 16.3. The van der Waals surface area contributed by atoms with Crippen LogP contribution in [0.4, 0.5) is 31.1 Å². The van der Waals surface area contributed by atoms with Crippen molar-refractivity contribution in [3.63, 3.8) is 0 Å². The summed E-state index contributed by atoms with van der Waals surface area (Å²) in [4.78, 5) is 38.6. The number of halogens is 1. The average Bonchev–Trinajstić information content (AvgIpc) is 3.27. The molecule has 0 aliphatic rings. The molecule has 0 aliphatic carbocycles. The SMILES string of the molecule is CCOC(=O)OCCN(CCOC(=O)OCC)c1ccc(N=Nc2ncc([N+](=O)[O-])s2)c(Cl)c1. The summed E-state index contributed by atoms with van der Waals surface area (Å²) in [6, 6.07) is 4.89. The maximum Gasteiger partial charge on any atom is 0.508 e. The van der Waals surface area contributed by atoms with Crippen molar-refractivity contribution in [2.45, 2.75) is 13.8 Å². The number of anilines is 1. The molecular weight excluding hydrogens is 494 g/mol. The first-order valence-corrected chi connectivity index (χ1v) is 11.2. The summed E-state index contributed by atoms with van der Waals surface area (Å²) in [5.41, 5.74) is 0.947. The fourth-order valence-corrected chi connectivity index (χ4v) is 3.19. The Hall–Kier alpha value is -3.52. The van der Waals surface area contributed by atoms with Crippen molar-refractivity contribution in [2.75, 3.05) is 44.4 Å². The molecule has 0 radical (unpaired) electrons. The predicted molar refractivity (Wildman–Crippen MR) is 123 cm³/mol. The van der Waals surface area contributed by atoms with Crippen molar-refractivity contribution in [1.29, 1.82) is 0 Å². The molecular formula is C19H22ClN5O8S. The highest BCUT2D eigenvalue weighted by molar-refractivity contribution is 7.18. The number of thiazole rings is 1. The Labute approximate surface area is 203 Å². The monoisotopic (exact) mass is 515 g/mol. The van der Waals surface area contributed by atoms with Crippen molar-refractivity contribution in [1.82, 2.24) is 4.98 Å². The molecule has 0 amide bonds. The van der Waals surface area contributed by atoms with Crippen LogP contribution in [0, 0.1) is 10.1 Å². The van der Waals surface area contributed by atoms with Gasteiger partial charge in [0.15, 0.2) is 0 Å². The lowest BCUT2D eigenvalue weighted by Gasteiger charge is -2.24. The largest absolute Gasteiger partial charge is 0.508 e. The molecule has 0 atom stereocenters. The minimum absolute atomic E-state index is 0.0140. The molecule has 0 N–H and O–H groups in total. The third kappa shape index (κ3) is 8.78. The molecule has 0 spiro atoms. The van der Waals surface area contributed by atoms with Gasteiger partial charge in [-0.1, -0.05) is 11.6 Å². The molecule has 1 heterocycles. The molecule has 13 nitrogen and oxygen atoms in total. The lowest BCUT2D eigenvalue weighted by atomic mass is 10.2. The fourth-order valence-electron chi connectivity index (χ4n) is 2.42. The lowest BCUT2D eigenvalue weighted by Crippen LogP contribution is -2.32. The number of nitrogens with zero attached hydrogens (tertiary/aromatic N) is 5. The van der Waals surface area contributed by atoms with Crippen molar-refractivity contribution in [2.24, 2.45) is 10.2 Å². The van der Waals surface area contributed by atoms with Crippen LogP contribution in [0.1, 0.15) is 13.8 Å². The molecule has 15 heteroatoms. The molecule has 2 rings (SSSR count). The Morgan fingerprint density at radius 1 is 1.09 bits per heavy atom. The number of hydrogen-bond donors (Lipinski definition) is 0. The second-order valence-electron chi connectivity index (χ2n) is 6.12. The summed E-state index contributed by atoms with van der Waals surface area (Å²) in [6.45, 7) is 4.25. The maximum absolute atomic E-state index is 11.4. The van der Waals surface area contributed by atoms with Crippen LogP contribution in [0.25, 0.3) is 0 Å². The minimum atomic E-state index is -0.790. The number of ether oxygens (including phenoxy) is 4. The average molecular weight is 516 g/mol. The zero-order valence-corrected chi connectivity index (χ0v) is 19.9. The quantitative estimate of drug-likeness (QED) is 0.158. The van der Waals surface area contributed by atoms with E-state index in [1.807, 2.05) is 0 Å². The first kappa shape index (κ1) is 26.7. The van der Waals surface area contributed by atoms with Gasteiger partial charge in [-0.2, -0.15) is 0 Å². The third-order valence-electron chi connectivity index (χ3n) is 3.89. The van der Waals surface area contributed by atoms with E-state index in [4.69, 9.17) is 30.5 Å². The Kier molecular flexibility index (Phi) is 10.9. The molecule has 34 heavy (non-hydrogen) atoms. The fraction of sp³-hybridized carbons (Fsp3) is 0.421. The summed E-state index contributed by atoms with van der Waals surface area (Å²) < 4.78 is 19.5. The van der Waals surface area contributed by atoms with E-state index in [0.717, 1.165) is 17.5 Å². The van der Waals surface area contributed by atoms with Crippen molar-refractivity contribution < 1.29 is 33.5 Å². The highest BCUT2D eigenvalue weighted by Crippen LogP contribution is 2.33. The number of carbonyl (C=O) groups is 2. The van der Waals surface area contributed by atoms with E-state index in [1.165, 1.54) is 0 Å². The van der Waals surface area contributed by atoms with Gasteiger partial charge in [-0.05, 0) is 43.4 Å². The maximum atomic E-state index is 11.4. The molecule has 0 bridgehead atoms. The van der Waals surface area contributed by atoms with E-state index in [-0.39, 0.29) is 54.7 Å². The van der Waals surface area contributed by atoms with Crippen molar-refractivity contribution in [3.05, 3.63) is 39.5 Å². The minimum Gasteiger partial charge on any atom is -0.435 e. The van der Waals surface area contributed by atoms with E-state index >= 15 is 0 Å². The second kappa shape index (κ2) is 13.9. The Bertz CT molecular complexity index is 994. The first-order valence-electron chi connectivity index (χ1n) is 9.99. The van der Waals surface area contributed by atoms with E-state index in [2.05, 4.69) is 15.2 Å². The number of azo groups is 1. The highest BCUT2D eigenvalue weighted by Gasteiger charge is 2.14. The van der Waals surface area contributed by atoms with Gasteiger partial charge in [0.05, 0.1) is 36.2 Å². The molecule has 0 saturated carbocycles. The molecule has 0 aliphatic heterocycles. The smallest absolute Gasteiger partial charge is 0.435 e. The van der Waals surface area contributed by atoms with E-state index in [0.29, 0.717) is 11.4 Å². The number of aromatic nitrogens is 1. The van der Waals surface area contributed by atoms with Crippen molar-refractivity contribution >= 4 is 56.8 Å². The molecule has 0 unspecified atom stereocenters. The van der Waals surface area contributed by atoms with Gasteiger partial charge >= 0.3 is 17.3 Å². The molecule has 0 saturated heterocycles. The number of nitro groups is 1. The van der Waals surface area contributed by atoms with Gasteiger partial charge in [-0.15, -0.1) is 10.2 Å². The summed E-state index contributed by atoms with van der Waals surface area (Å²) in [7, 11) is 0. The van der Waals surface area contributed by atoms with Gasteiger partial charge in [0.2, 0.25) is 5.13 Å². The summed E-state index contributed by atoms with van der Waals surface area (Å²) in [5, 5.41) is 18.8. The van der Waals surface area contributed by atoms with Crippen LogP contribution in [0.15, 0.2) is 34.6 Å². The highest BCUT2D eigenvalue weighted by atomic mass is 35.5. The third-order valence-corrected chi connectivity index (χ3v) is 5.02. The Morgan fingerprint density at radius 3 is 2.21 bits per heavy atom. The predicted octanol–water partition coefficient (Wildman–Crippen LogP) is 5.27. The lowest BCUT2D eigenvalue weighted by molar-refractivity contribution is -0.380. The van der Waals surface area contributed by atoms with Crippen LogP contribution in [0.2, 0.25) is 5.02 Å². The van der Waals surface area contributed by atoms with Gasteiger partial charge in [-0.3, -0.25) is 10.1 Å². The Balaban J connectivity index is 2.08. The van der Waals surface area contributed by atoms with Gasteiger partial charge < -0.3 is 23.8 Å². The summed E-state index contributed by atoms with van der Waals surface area (Å²) in [6.07, 6.45) is -0.485. The topological polar surface area (TPSA) is 155 Å². The Morgan fingerprint density at radius 2 is 1.71 bits per heavy atom. The van der Waals surface area contributed by atoms with Crippen LogP contribution in [0.5, 0.6) is 0 Å². The number of carbonyl (C=O) groups excluding carboxylic acids is 2. The summed E-state index contributed by atoms with van der Waals surface area (Å²) in [5.74, 6) is 0. The van der Waals surface area contributed by atoms with Gasteiger partial charge in [0, 0.05) is 5.69 Å². The zero-order chi connectivity index (χ0) is 24.9. The van der Waals surface area contributed by atoms with Crippen LogP contribution in [-0.4, -0.2) is 61.7 Å². The number of benzene rings is 1. The normalized spacial score (nSPS) is 10.7. The standard InChI is InChI=1S/C19H22ClN5O8S/c1-3-30-18(26)32-9-7-24(8-10-33-19(27)31-4-2)13-5-6-15(14(20)11-13)22-23-17-21-12-16(34-17)25(28)29/h5-6,11-12H,3-4,7-10H2,1-2H3. The molecule has 2 aromatic rings. The van der Waals surface area contributed by atoms with Crippen LogP contribution in [0.3, 0.4) is 0 Å². The van der Waals surface area contributed by atoms with E-state index < -0.39 is 17.2 Å². The molecule has 1 aromatic carbocycles. The number of hydrogen-bond acceptors (Lipinski definition) is 13. The molecule has 1 aromatic heterocycles. The molecule has 0 fully saturated rings.